The molecule has 7 heteroatoms. The molecule has 0 radical (unpaired) electrons. The molecule has 0 fully saturated rings. The Balaban J connectivity index is 2.16. The minimum atomic E-state index is -1.82. The fourth-order valence-electron chi connectivity index (χ4n) is 3.79. The van der Waals surface area contributed by atoms with Crippen LogP contribution in [0.1, 0.15) is 83.8 Å². The van der Waals surface area contributed by atoms with Crippen LogP contribution >= 0.6 is 0 Å². The predicted octanol–water partition coefficient (Wildman–Crippen LogP) is 8.47. The zero-order chi connectivity index (χ0) is 24.9. The Hall–Kier alpha value is -1.96. The minimum Gasteiger partial charge on any atom is -0.330 e. The maximum absolute atomic E-state index is 14.2. The number of hydrogen-bond acceptors (Lipinski definition) is 3. The first-order chi connectivity index (χ1) is 16.4. The molecule has 2 rings (SSSR count). The summed E-state index contributed by atoms with van der Waals surface area (Å²) >= 11 is 0. The first kappa shape index (κ1) is 28.3. The van der Waals surface area contributed by atoms with Crippen molar-refractivity contribution in [1.29, 1.82) is 0 Å². The zero-order valence-corrected chi connectivity index (χ0v) is 20.3. The van der Waals surface area contributed by atoms with Crippen LogP contribution in [-0.4, -0.2) is 19.7 Å². The Labute approximate surface area is 200 Å². The highest BCUT2D eigenvalue weighted by Gasteiger charge is 2.22. The van der Waals surface area contributed by atoms with Crippen LogP contribution in [0.15, 0.2) is 30.3 Å². The SMILES string of the molecule is CCCCCCCCCC(OC(OCC)OCC)c1ccc(-c2cc(F)c(F)c(F)c2F)cc1. The second-order valence-electron chi connectivity index (χ2n) is 8.20. The van der Waals surface area contributed by atoms with E-state index in [0.717, 1.165) is 31.2 Å². The van der Waals surface area contributed by atoms with Crippen molar-refractivity contribution in [3.63, 3.8) is 0 Å². The Morgan fingerprint density at radius 3 is 1.88 bits per heavy atom. The summed E-state index contributed by atoms with van der Waals surface area (Å²) in [5.74, 6) is -6.50. The topological polar surface area (TPSA) is 27.7 Å². The quantitative estimate of drug-likeness (QED) is 0.0786. The average molecular weight is 485 g/mol. The third-order valence-electron chi connectivity index (χ3n) is 5.65. The first-order valence-corrected chi connectivity index (χ1v) is 12.2. The van der Waals surface area contributed by atoms with Crippen molar-refractivity contribution in [3.8, 4) is 11.1 Å². The summed E-state index contributed by atoms with van der Waals surface area (Å²) in [6, 6.07) is 7.18. The molecule has 3 nitrogen and oxygen atoms in total. The summed E-state index contributed by atoms with van der Waals surface area (Å²) < 4.78 is 72.0. The molecule has 0 aliphatic carbocycles. The highest BCUT2D eigenvalue weighted by molar-refractivity contribution is 5.64. The van der Waals surface area contributed by atoms with E-state index in [1.54, 1.807) is 24.3 Å². The van der Waals surface area contributed by atoms with Gasteiger partial charge in [-0.1, -0.05) is 76.1 Å². The van der Waals surface area contributed by atoms with E-state index in [1.807, 2.05) is 13.8 Å². The van der Waals surface area contributed by atoms with Crippen LogP contribution in [0, 0.1) is 23.3 Å². The Kier molecular flexibility index (Phi) is 12.6. The van der Waals surface area contributed by atoms with Crippen LogP contribution in [0.2, 0.25) is 0 Å². The number of rotatable bonds is 16. The number of halogens is 4. The van der Waals surface area contributed by atoms with Crippen LogP contribution in [0.4, 0.5) is 17.6 Å². The van der Waals surface area contributed by atoms with Crippen LogP contribution < -0.4 is 0 Å². The average Bonchev–Trinajstić information content (AvgIpc) is 2.84. The molecule has 2 aromatic rings. The van der Waals surface area contributed by atoms with Crippen molar-refractivity contribution in [3.05, 3.63) is 59.2 Å². The minimum absolute atomic E-state index is 0.236. The lowest BCUT2D eigenvalue weighted by atomic mass is 9.98. The molecule has 0 aliphatic rings. The monoisotopic (exact) mass is 484 g/mol. The summed E-state index contributed by atoms with van der Waals surface area (Å²) in [7, 11) is 0. The van der Waals surface area contributed by atoms with Gasteiger partial charge in [-0.25, -0.2) is 17.6 Å². The molecule has 1 atom stereocenters. The van der Waals surface area contributed by atoms with E-state index in [4.69, 9.17) is 14.2 Å². The third-order valence-corrected chi connectivity index (χ3v) is 5.65. The lowest BCUT2D eigenvalue weighted by Crippen LogP contribution is -2.24. The van der Waals surface area contributed by atoms with Crippen LogP contribution in [0.25, 0.3) is 11.1 Å². The van der Waals surface area contributed by atoms with E-state index in [0.29, 0.717) is 19.3 Å². The molecular formula is C27H36F4O3. The third kappa shape index (κ3) is 8.36. The van der Waals surface area contributed by atoms with Gasteiger partial charge >= 0.3 is 0 Å². The number of hydrogen-bond donors (Lipinski definition) is 0. The van der Waals surface area contributed by atoms with Crippen molar-refractivity contribution in [2.75, 3.05) is 13.2 Å². The van der Waals surface area contributed by atoms with Crippen molar-refractivity contribution >= 4 is 0 Å². The van der Waals surface area contributed by atoms with E-state index in [2.05, 4.69) is 6.92 Å². The number of unbranched alkanes of at least 4 members (excludes halogenated alkanes) is 6. The van der Waals surface area contributed by atoms with Gasteiger partial charge in [0.05, 0.1) is 6.10 Å². The zero-order valence-electron chi connectivity index (χ0n) is 20.3. The predicted molar refractivity (Wildman–Crippen MR) is 125 cm³/mol. The highest BCUT2D eigenvalue weighted by atomic mass is 19.2. The van der Waals surface area contributed by atoms with Crippen LogP contribution in [-0.2, 0) is 14.2 Å². The van der Waals surface area contributed by atoms with E-state index in [9.17, 15) is 17.6 Å². The molecule has 0 spiro atoms. The molecule has 0 bridgehead atoms. The molecule has 0 aromatic heterocycles. The van der Waals surface area contributed by atoms with Crippen molar-refractivity contribution in [2.24, 2.45) is 0 Å². The summed E-state index contributed by atoms with van der Waals surface area (Å²) in [5, 5.41) is 0. The highest BCUT2D eigenvalue weighted by Crippen LogP contribution is 2.31. The normalized spacial score (nSPS) is 12.5. The first-order valence-electron chi connectivity index (χ1n) is 12.2. The lowest BCUT2D eigenvalue weighted by Gasteiger charge is -2.25. The summed E-state index contributed by atoms with van der Waals surface area (Å²) in [6.45, 7) is 5.93. The van der Waals surface area contributed by atoms with Gasteiger partial charge in [-0.15, -0.1) is 0 Å². The molecule has 1 unspecified atom stereocenters. The molecule has 190 valence electrons. The van der Waals surface area contributed by atoms with E-state index < -0.39 is 29.7 Å². The molecule has 2 aromatic carbocycles. The van der Waals surface area contributed by atoms with Gasteiger partial charge in [-0.2, -0.15) is 0 Å². The molecular weight excluding hydrogens is 448 g/mol. The van der Waals surface area contributed by atoms with E-state index in [-0.39, 0.29) is 17.2 Å². The fraction of sp³-hybridized carbons (Fsp3) is 0.556. The number of benzene rings is 2. The van der Waals surface area contributed by atoms with Crippen molar-refractivity contribution < 1.29 is 31.8 Å². The van der Waals surface area contributed by atoms with Gasteiger partial charge in [-0.3, -0.25) is 0 Å². The van der Waals surface area contributed by atoms with Crippen molar-refractivity contribution in [1.82, 2.24) is 0 Å². The van der Waals surface area contributed by atoms with Gasteiger partial charge in [0.25, 0.3) is 6.48 Å². The van der Waals surface area contributed by atoms with Gasteiger partial charge < -0.3 is 14.2 Å². The molecule has 0 heterocycles. The molecule has 0 saturated heterocycles. The van der Waals surface area contributed by atoms with Gasteiger partial charge in [0.15, 0.2) is 23.3 Å². The smallest absolute Gasteiger partial charge is 0.272 e. The van der Waals surface area contributed by atoms with Gasteiger partial charge in [0, 0.05) is 18.8 Å². The van der Waals surface area contributed by atoms with Gasteiger partial charge in [0.2, 0.25) is 0 Å². The largest absolute Gasteiger partial charge is 0.330 e. The van der Waals surface area contributed by atoms with E-state index >= 15 is 0 Å². The maximum atomic E-state index is 14.2. The lowest BCUT2D eigenvalue weighted by molar-refractivity contribution is -0.304. The summed E-state index contributed by atoms with van der Waals surface area (Å²) in [5.41, 5.74) is 0.705. The Morgan fingerprint density at radius 1 is 0.706 bits per heavy atom. The maximum Gasteiger partial charge on any atom is 0.272 e. The van der Waals surface area contributed by atoms with E-state index in [1.165, 1.54) is 25.7 Å². The standard InChI is InChI=1S/C27H36F4O3/c1-4-7-8-9-10-11-12-13-23(34-27(32-5-2)33-6-3)20-16-14-19(15-17-20)21-18-22(28)25(30)26(31)24(21)29/h14-18,23,27H,4-13H2,1-3H3. The van der Waals surface area contributed by atoms with Gasteiger partial charge in [-0.05, 0) is 37.5 Å². The van der Waals surface area contributed by atoms with Gasteiger partial charge in [0.1, 0.15) is 0 Å². The molecule has 0 saturated carbocycles. The summed E-state index contributed by atoms with van der Waals surface area (Å²) in [6.07, 6.45) is 8.51. The molecule has 34 heavy (non-hydrogen) atoms. The molecule has 0 N–H and O–H groups in total. The van der Waals surface area contributed by atoms with Crippen LogP contribution in [0.3, 0.4) is 0 Å². The fourth-order valence-corrected chi connectivity index (χ4v) is 3.79. The Bertz CT molecular complexity index is 852. The second kappa shape index (κ2) is 15.1. The van der Waals surface area contributed by atoms with Crippen LogP contribution in [0.5, 0.6) is 0 Å². The second-order valence-corrected chi connectivity index (χ2v) is 8.20. The number of ether oxygens (including phenoxy) is 3. The molecule has 0 amide bonds. The van der Waals surface area contributed by atoms with Crippen molar-refractivity contribution in [2.45, 2.75) is 84.7 Å². The summed E-state index contributed by atoms with van der Waals surface area (Å²) in [4.78, 5) is 0. The molecule has 0 aliphatic heterocycles. The Morgan fingerprint density at radius 2 is 1.29 bits per heavy atom.